The minimum atomic E-state index is -0.185. The largest absolute Gasteiger partial charge is 0.493 e. The highest BCUT2D eigenvalue weighted by Gasteiger charge is 2.08. The zero-order valence-electron chi connectivity index (χ0n) is 12.1. The number of benzene rings is 1. The lowest BCUT2D eigenvalue weighted by Gasteiger charge is -2.15. The molecule has 0 amide bonds. The molecule has 1 aromatic rings. The second kappa shape index (κ2) is 7.42. The molecule has 1 aromatic carbocycles. The van der Waals surface area contributed by atoms with Crippen LogP contribution in [0.15, 0.2) is 18.2 Å². The van der Waals surface area contributed by atoms with Gasteiger partial charge in [-0.1, -0.05) is 32.9 Å². The van der Waals surface area contributed by atoms with Gasteiger partial charge in [-0.3, -0.25) is 0 Å². The lowest BCUT2D eigenvalue weighted by atomic mass is 10.0. The Morgan fingerprint density at radius 1 is 1.28 bits per heavy atom. The van der Waals surface area contributed by atoms with Gasteiger partial charge < -0.3 is 9.84 Å². The van der Waals surface area contributed by atoms with Gasteiger partial charge in [-0.2, -0.15) is 0 Å². The van der Waals surface area contributed by atoms with Gasteiger partial charge in [0.2, 0.25) is 0 Å². The molecule has 0 bridgehead atoms. The SMILES string of the molecule is CCC(O)CCCOc1cc(C)ccc1C(C)C. The molecule has 0 aliphatic carbocycles. The lowest BCUT2D eigenvalue weighted by molar-refractivity contribution is 0.148. The van der Waals surface area contributed by atoms with Gasteiger partial charge in [-0.15, -0.1) is 0 Å². The molecule has 1 atom stereocenters. The summed E-state index contributed by atoms with van der Waals surface area (Å²) in [6.45, 7) is 9.12. The number of rotatable bonds is 7. The van der Waals surface area contributed by atoms with Crippen molar-refractivity contribution in [3.63, 3.8) is 0 Å². The summed E-state index contributed by atoms with van der Waals surface area (Å²) in [4.78, 5) is 0. The average Bonchev–Trinajstić information content (AvgIpc) is 2.34. The average molecular weight is 250 g/mol. The standard InChI is InChI=1S/C16H26O2/c1-5-14(17)7-6-10-18-16-11-13(4)8-9-15(16)12(2)3/h8-9,11-12,14,17H,5-7,10H2,1-4H3. The molecule has 0 saturated heterocycles. The molecular weight excluding hydrogens is 224 g/mol. The Labute approximate surface area is 111 Å². The topological polar surface area (TPSA) is 29.5 Å². The molecule has 0 heterocycles. The van der Waals surface area contributed by atoms with E-state index in [1.165, 1.54) is 11.1 Å². The number of aryl methyl sites for hydroxylation is 1. The normalized spacial score (nSPS) is 12.8. The van der Waals surface area contributed by atoms with Gasteiger partial charge in [0.15, 0.2) is 0 Å². The van der Waals surface area contributed by atoms with Gasteiger partial charge in [0, 0.05) is 0 Å². The third kappa shape index (κ3) is 4.69. The lowest BCUT2D eigenvalue weighted by Crippen LogP contribution is -2.08. The van der Waals surface area contributed by atoms with Crippen molar-refractivity contribution in [1.29, 1.82) is 0 Å². The predicted molar refractivity (Wildman–Crippen MR) is 76.3 cm³/mol. The molecule has 0 aromatic heterocycles. The fraction of sp³-hybridized carbons (Fsp3) is 0.625. The summed E-state index contributed by atoms with van der Waals surface area (Å²) in [7, 11) is 0. The van der Waals surface area contributed by atoms with Crippen LogP contribution in [0.1, 0.15) is 57.1 Å². The Kier molecular flexibility index (Phi) is 6.20. The van der Waals surface area contributed by atoms with Crippen LogP contribution in [0.25, 0.3) is 0 Å². The van der Waals surface area contributed by atoms with Crippen LogP contribution in [0.4, 0.5) is 0 Å². The highest BCUT2D eigenvalue weighted by molar-refractivity contribution is 5.39. The maximum Gasteiger partial charge on any atom is 0.122 e. The first-order chi connectivity index (χ1) is 8.54. The fourth-order valence-electron chi connectivity index (χ4n) is 1.95. The summed E-state index contributed by atoms with van der Waals surface area (Å²) in [6, 6.07) is 6.38. The zero-order chi connectivity index (χ0) is 13.5. The second-order valence-corrected chi connectivity index (χ2v) is 5.25. The molecule has 102 valence electrons. The van der Waals surface area contributed by atoms with Crippen LogP contribution in [-0.4, -0.2) is 17.8 Å². The van der Waals surface area contributed by atoms with E-state index in [9.17, 15) is 5.11 Å². The van der Waals surface area contributed by atoms with E-state index in [1.807, 2.05) is 6.92 Å². The van der Waals surface area contributed by atoms with Gasteiger partial charge in [0.05, 0.1) is 12.7 Å². The van der Waals surface area contributed by atoms with E-state index in [2.05, 4.69) is 39.0 Å². The van der Waals surface area contributed by atoms with Crippen molar-refractivity contribution < 1.29 is 9.84 Å². The van der Waals surface area contributed by atoms with Gasteiger partial charge >= 0.3 is 0 Å². The highest BCUT2D eigenvalue weighted by Crippen LogP contribution is 2.27. The Morgan fingerprint density at radius 2 is 2.00 bits per heavy atom. The Balaban J connectivity index is 2.53. The predicted octanol–water partition coefficient (Wildman–Crippen LogP) is 4.05. The molecular formula is C16H26O2. The number of aliphatic hydroxyl groups excluding tert-OH is 1. The van der Waals surface area contributed by atoms with Crippen molar-refractivity contribution in [1.82, 2.24) is 0 Å². The van der Waals surface area contributed by atoms with Crippen LogP contribution < -0.4 is 4.74 Å². The van der Waals surface area contributed by atoms with Crippen molar-refractivity contribution >= 4 is 0 Å². The molecule has 0 radical (unpaired) electrons. The smallest absolute Gasteiger partial charge is 0.122 e. The number of hydrogen-bond donors (Lipinski definition) is 1. The van der Waals surface area contributed by atoms with Gasteiger partial charge in [-0.05, 0) is 49.3 Å². The van der Waals surface area contributed by atoms with E-state index in [0.717, 1.165) is 25.0 Å². The van der Waals surface area contributed by atoms with Crippen LogP contribution in [0.2, 0.25) is 0 Å². The monoisotopic (exact) mass is 250 g/mol. The van der Waals surface area contributed by atoms with Crippen LogP contribution in [0.5, 0.6) is 5.75 Å². The minimum absolute atomic E-state index is 0.185. The molecule has 2 heteroatoms. The van der Waals surface area contributed by atoms with E-state index < -0.39 is 0 Å². The third-order valence-electron chi connectivity index (χ3n) is 3.20. The molecule has 0 spiro atoms. The number of aliphatic hydroxyl groups is 1. The summed E-state index contributed by atoms with van der Waals surface area (Å²) in [5.41, 5.74) is 2.49. The van der Waals surface area contributed by atoms with Gasteiger partial charge in [0.1, 0.15) is 5.75 Å². The summed E-state index contributed by atoms with van der Waals surface area (Å²) in [6.07, 6.45) is 2.36. The zero-order valence-corrected chi connectivity index (χ0v) is 12.1. The molecule has 2 nitrogen and oxygen atoms in total. The Morgan fingerprint density at radius 3 is 2.61 bits per heavy atom. The quantitative estimate of drug-likeness (QED) is 0.740. The van der Waals surface area contributed by atoms with Gasteiger partial charge in [-0.25, -0.2) is 0 Å². The second-order valence-electron chi connectivity index (χ2n) is 5.25. The number of hydrogen-bond acceptors (Lipinski definition) is 2. The van der Waals surface area contributed by atoms with Crippen LogP contribution in [0.3, 0.4) is 0 Å². The van der Waals surface area contributed by atoms with Crippen molar-refractivity contribution in [3.8, 4) is 5.75 Å². The van der Waals surface area contributed by atoms with Crippen LogP contribution in [0, 0.1) is 6.92 Å². The summed E-state index contributed by atoms with van der Waals surface area (Å²) in [5.74, 6) is 1.47. The van der Waals surface area contributed by atoms with Crippen LogP contribution >= 0.6 is 0 Å². The van der Waals surface area contributed by atoms with Crippen LogP contribution in [-0.2, 0) is 0 Å². The first-order valence-corrected chi connectivity index (χ1v) is 6.96. The Hall–Kier alpha value is -1.02. The van der Waals surface area contributed by atoms with Crippen molar-refractivity contribution in [2.75, 3.05) is 6.61 Å². The van der Waals surface area contributed by atoms with E-state index in [0.29, 0.717) is 12.5 Å². The summed E-state index contributed by atoms with van der Waals surface area (Å²) < 4.78 is 5.86. The maximum absolute atomic E-state index is 9.49. The third-order valence-corrected chi connectivity index (χ3v) is 3.20. The number of ether oxygens (including phenoxy) is 1. The molecule has 1 N–H and O–H groups in total. The molecule has 1 unspecified atom stereocenters. The van der Waals surface area contributed by atoms with Crippen molar-refractivity contribution in [2.45, 2.75) is 59.0 Å². The molecule has 0 aliphatic rings. The molecule has 18 heavy (non-hydrogen) atoms. The van der Waals surface area contributed by atoms with Crippen molar-refractivity contribution in [2.24, 2.45) is 0 Å². The highest BCUT2D eigenvalue weighted by atomic mass is 16.5. The Bertz CT molecular complexity index is 358. The molecule has 0 fully saturated rings. The maximum atomic E-state index is 9.49. The first-order valence-electron chi connectivity index (χ1n) is 6.96. The van der Waals surface area contributed by atoms with E-state index in [4.69, 9.17) is 4.74 Å². The van der Waals surface area contributed by atoms with Gasteiger partial charge in [0.25, 0.3) is 0 Å². The fourth-order valence-corrected chi connectivity index (χ4v) is 1.95. The molecule has 0 aliphatic heterocycles. The summed E-state index contributed by atoms with van der Waals surface area (Å²) in [5, 5.41) is 9.49. The van der Waals surface area contributed by atoms with E-state index in [1.54, 1.807) is 0 Å². The van der Waals surface area contributed by atoms with E-state index in [-0.39, 0.29) is 6.10 Å². The molecule has 1 rings (SSSR count). The minimum Gasteiger partial charge on any atom is -0.493 e. The summed E-state index contributed by atoms with van der Waals surface area (Å²) >= 11 is 0. The molecule has 0 saturated carbocycles. The van der Waals surface area contributed by atoms with Crippen molar-refractivity contribution in [3.05, 3.63) is 29.3 Å². The van der Waals surface area contributed by atoms with E-state index >= 15 is 0 Å². The first kappa shape index (κ1) is 15.0.